The highest BCUT2D eigenvalue weighted by Crippen LogP contribution is 2.30. The van der Waals surface area contributed by atoms with E-state index < -0.39 is 5.91 Å². The van der Waals surface area contributed by atoms with Gasteiger partial charge >= 0.3 is 0 Å². The predicted octanol–water partition coefficient (Wildman–Crippen LogP) is 5.57. The molecule has 0 unspecified atom stereocenters. The van der Waals surface area contributed by atoms with E-state index in [4.69, 9.17) is 33.3 Å². The number of ketones is 1. The SMILES string of the molecule is COc1cc(Cl)cc(C(=O)Nc2ccc(Cl)cc2)c1CC(=O)c1ccc(C(=N)N(C)C)cc1. The van der Waals surface area contributed by atoms with Gasteiger partial charge in [0.15, 0.2) is 5.78 Å². The highest BCUT2D eigenvalue weighted by atomic mass is 35.5. The summed E-state index contributed by atoms with van der Waals surface area (Å²) < 4.78 is 5.43. The molecule has 3 rings (SSSR count). The molecule has 3 aromatic carbocycles. The third-order valence-corrected chi connectivity index (χ3v) is 5.48. The van der Waals surface area contributed by atoms with Crippen LogP contribution < -0.4 is 10.1 Å². The predicted molar refractivity (Wildman–Crippen MR) is 132 cm³/mol. The van der Waals surface area contributed by atoms with Crippen LogP contribution in [0.15, 0.2) is 60.7 Å². The summed E-state index contributed by atoms with van der Waals surface area (Å²) >= 11 is 12.1. The average molecular weight is 484 g/mol. The normalized spacial score (nSPS) is 10.5. The van der Waals surface area contributed by atoms with E-state index in [-0.39, 0.29) is 17.8 Å². The molecule has 0 aliphatic heterocycles. The summed E-state index contributed by atoms with van der Waals surface area (Å²) in [7, 11) is 5.03. The first kappa shape index (κ1) is 24.3. The van der Waals surface area contributed by atoms with Crippen molar-refractivity contribution in [1.82, 2.24) is 4.90 Å². The molecular formula is C25H23Cl2N3O3. The number of Topliss-reactive ketones (excluding diaryl/α,β-unsaturated/α-hetero) is 1. The third kappa shape index (κ3) is 5.92. The summed E-state index contributed by atoms with van der Waals surface area (Å²) in [6, 6.07) is 16.6. The fourth-order valence-corrected chi connectivity index (χ4v) is 3.58. The van der Waals surface area contributed by atoms with Gasteiger partial charge in [-0.3, -0.25) is 15.0 Å². The molecule has 0 fully saturated rings. The van der Waals surface area contributed by atoms with Crippen molar-refractivity contribution in [3.63, 3.8) is 0 Å². The average Bonchev–Trinajstić information content (AvgIpc) is 2.80. The van der Waals surface area contributed by atoms with Crippen LogP contribution in [0.25, 0.3) is 0 Å². The van der Waals surface area contributed by atoms with Gasteiger partial charge in [-0.1, -0.05) is 47.5 Å². The molecule has 8 heteroatoms. The Bertz CT molecular complexity index is 1190. The van der Waals surface area contributed by atoms with Crippen LogP contribution >= 0.6 is 23.2 Å². The number of rotatable bonds is 7. The molecule has 170 valence electrons. The summed E-state index contributed by atoms with van der Waals surface area (Å²) in [5, 5.41) is 11.7. The van der Waals surface area contributed by atoms with Gasteiger partial charge in [0.2, 0.25) is 0 Å². The second kappa shape index (κ2) is 10.5. The van der Waals surface area contributed by atoms with Gasteiger partial charge in [-0.05, 0) is 36.4 Å². The number of amides is 1. The van der Waals surface area contributed by atoms with Crippen LogP contribution in [-0.2, 0) is 6.42 Å². The van der Waals surface area contributed by atoms with E-state index in [1.807, 2.05) is 0 Å². The van der Waals surface area contributed by atoms with Crippen molar-refractivity contribution in [2.45, 2.75) is 6.42 Å². The molecule has 0 aromatic heterocycles. The van der Waals surface area contributed by atoms with Gasteiger partial charge < -0.3 is 15.0 Å². The molecule has 33 heavy (non-hydrogen) atoms. The molecule has 0 atom stereocenters. The Labute approximate surface area is 202 Å². The first-order valence-corrected chi connectivity index (χ1v) is 10.8. The minimum Gasteiger partial charge on any atom is -0.496 e. The first-order valence-electron chi connectivity index (χ1n) is 10.0. The van der Waals surface area contributed by atoms with Gasteiger partial charge in [-0.15, -0.1) is 0 Å². The zero-order valence-electron chi connectivity index (χ0n) is 18.4. The van der Waals surface area contributed by atoms with Crippen molar-refractivity contribution in [2.24, 2.45) is 0 Å². The lowest BCUT2D eigenvalue weighted by Gasteiger charge is -2.15. The molecule has 0 aliphatic rings. The lowest BCUT2D eigenvalue weighted by molar-refractivity contribution is 0.0991. The standard InChI is InChI=1S/C25H23Cl2N3O3/c1-30(2)24(28)16-6-4-15(5-7-16)22(31)14-20-21(12-18(27)13-23(20)33-3)25(32)29-19-10-8-17(26)9-11-19/h4-13,28H,14H2,1-3H3,(H,29,32). The van der Waals surface area contributed by atoms with Crippen LogP contribution in [0.3, 0.4) is 0 Å². The van der Waals surface area contributed by atoms with E-state index in [0.717, 1.165) is 0 Å². The van der Waals surface area contributed by atoms with E-state index in [1.54, 1.807) is 73.6 Å². The molecule has 2 N–H and O–H groups in total. The highest BCUT2D eigenvalue weighted by molar-refractivity contribution is 6.31. The number of hydrogen-bond donors (Lipinski definition) is 2. The number of amidine groups is 1. The Morgan fingerprint density at radius 1 is 0.939 bits per heavy atom. The number of hydrogen-bond acceptors (Lipinski definition) is 4. The number of methoxy groups -OCH3 is 1. The van der Waals surface area contributed by atoms with E-state index in [9.17, 15) is 9.59 Å². The number of nitrogens with zero attached hydrogens (tertiary/aromatic N) is 1. The maximum Gasteiger partial charge on any atom is 0.256 e. The second-order valence-corrected chi connectivity index (χ2v) is 8.39. The second-order valence-electron chi connectivity index (χ2n) is 7.52. The van der Waals surface area contributed by atoms with Gasteiger partial charge in [0.05, 0.1) is 7.11 Å². The van der Waals surface area contributed by atoms with Crippen LogP contribution in [-0.4, -0.2) is 43.6 Å². The molecule has 0 bridgehead atoms. The maximum atomic E-state index is 13.1. The van der Waals surface area contributed by atoms with Crippen LogP contribution in [0.2, 0.25) is 10.0 Å². The number of nitrogens with one attached hydrogen (secondary N) is 2. The Morgan fingerprint density at radius 3 is 2.12 bits per heavy atom. The molecule has 6 nitrogen and oxygen atoms in total. The molecule has 0 heterocycles. The van der Waals surface area contributed by atoms with Gasteiger partial charge in [0.1, 0.15) is 11.6 Å². The van der Waals surface area contributed by atoms with Gasteiger partial charge in [-0.25, -0.2) is 0 Å². The Morgan fingerprint density at radius 2 is 1.55 bits per heavy atom. The minimum absolute atomic E-state index is 0.0613. The number of carbonyl (C=O) groups is 2. The quantitative estimate of drug-likeness (QED) is 0.261. The monoisotopic (exact) mass is 483 g/mol. The summed E-state index contributed by atoms with van der Waals surface area (Å²) in [4.78, 5) is 27.8. The van der Waals surface area contributed by atoms with E-state index in [2.05, 4.69) is 5.32 Å². The number of ether oxygens (including phenoxy) is 1. The Balaban J connectivity index is 1.90. The van der Waals surface area contributed by atoms with Crippen LogP contribution in [0, 0.1) is 5.41 Å². The fourth-order valence-electron chi connectivity index (χ4n) is 3.25. The third-order valence-electron chi connectivity index (χ3n) is 5.01. The van der Waals surface area contributed by atoms with E-state index >= 15 is 0 Å². The number of anilines is 1. The van der Waals surface area contributed by atoms with Crippen molar-refractivity contribution < 1.29 is 14.3 Å². The summed E-state index contributed by atoms with van der Waals surface area (Å²) in [6.07, 6.45) is -0.0613. The number of benzene rings is 3. The van der Waals surface area contributed by atoms with Crippen molar-refractivity contribution in [1.29, 1.82) is 5.41 Å². The smallest absolute Gasteiger partial charge is 0.256 e. The lowest BCUT2D eigenvalue weighted by atomic mass is 9.96. The number of halogens is 2. The van der Waals surface area contributed by atoms with Crippen molar-refractivity contribution in [3.05, 3.63) is 93.0 Å². The topological polar surface area (TPSA) is 82.5 Å². The van der Waals surface area contributed by atoms with E-state index in [1.165, 1.54) is 13.2 Å². The van der Waals surface area contributed by atoms with Crippen LogP contribution in [0.1, 0.15) is 31.8 Å². The molecule has 0 radical (unpaired) electrons. The zero-order chi connectivity index (χ0) is 24.1. The fraction of sp³-hybridized carbons (Fsp3) is 0.160. The molecule has 0 saturated heterocycles. The van der Waals surface area contributed by atoms with Crippen molar-refractivity contribution in [2.75, 3.05) is 26.5 Å². The Kier molecular flexibility index (Phi) is 7.74. The van der Waals surface area contributed by atoms with Crippen molar-refractivity contribution in [3.8, 4) is 5.75 Å². The van der Waals surface area contributed by atoms with E-state index in [0.29, 0.717) is 44.0 Å². The van der Waals surface area contributed by atoms with Crippen LogP contribution in [0.4, 0.5) is 5.69 Å². The summed E-state index contributed by atoms with van der Waals surface area (Å²) in [5.41, 5.74) is 2.40. The molecule has 0 saturated carbocycles. The molecular weight excluding hydrogens is 461 g/mol. The van der Waals surface area contributed by atoms with Gasteiger partial charge in [0.25, 0.3) is 5.91 Å². The molecule has 0 spiro atoms. The number of carbonyl (C=O) groups excluding carboxylic acids is 2. The lowest BCUT2D eigenvalue weighted by Crippen LogP contribution is -2.21. The van der Waals surface area contributed by atoms with Gasteiger partial charge in [0, 0.05) is 58.5 Å². The molecule has 1 amide bonds. The summed E-state index contributed by atoms with van der Waals surface area (Å²) in [5.74, 6) is 0.0763. The van der Waals surface area contributed by atoms with Gasteiger partial charge in [-0.2, -0.15) is 0 Å². The summed E-state index contributed by atoms with van der Waals surface area (Å²) in [6.45, 7) is 0. The van der Waals surface area contributed by atoms with Crippen molar-refractivity contribution >= 4 is 46.4 Å². The first-order chi connectivity index (χ1) is 15.7. The largest absolute Gasteiger partial charge is 0.496 e. The minimum atomic E-state index is -0.421. The molecule has 0 aliphatic carbocycles. The zero-order valence-corrected chi connectivity index (χ0v) is 19.9. The van der Waals surface area contributed by atoms with Crippen LogP contribution in [0.5, 0.6) is 5.75 Å². The maximum absolute atomic E-state index is 13.1. The highest BCUT2D eigenvalue weighted by Gasteiger charge is 2.21. The Hall–Kier alpha value is -3.35. The molecule has 3 aromatic rings.